The molecule has 0 unspecified atom stereocenters. The van der Waals surface area contributed by atoms with Crippen LogP contribution in [0.1, 0.15) is 39.3 Å². The fourth-order valence-electron chi connectivity index (χ4n) is 3.85. The van der Waals surface area contributed by atoms with Gasteiger partial charge in [-0.05, 0) is 36.8 Å². The van der Waals surface area contributed by atoms with Crippen LogP contribution in [0.2, 0.25) is 5.02 Å². The maximum absolute atomic E-state index is 13.8. The van der Waals surface area contributed by atoms with E-state index < -0.39 is 48.9 Å². The summed E-state index contributed by atoms with van der Waals surface area (Å²) in [5.41, 5.74) is 0.522. The minimum atomic E-state index is -1.44. The summed E-state index contributed by atoms with van der Waals surface area (Å²) in [7, 11) is 0. The van der Waals surface area contributed by atoms with Crippen LogP contribution in [-0.4, -0.2) is 66.5 Å². The largest absolute Gasteiger partial charge is 0.394 e. The first-order valence-corrected chi connectivity index (χ1v) is 11.5. The van der Waals surface area contributed by atoms with E-state index in [0.29, 0.717) is 17.9 Å². The van der Waals surface area contributed by atoms with Gasteiger partial charge in [0.15, 0.2) is 12.1 Å². The first-order chi connectivity index (χ1) is 15.7. The summed E-state index contributed by atoms with van der Waals surface area (Å²) in [6, 6.07) is 3.11. The van der Waals surface area contributed by atoms with Crippen molar-refractivity contribution in [1.82, 2.24) is 19.7 Å². The number of amides is 1. The molecule has 0 spiro atoms. The normalized spacial score (nSPS) is 25.2. The summed E-state index contributed by atoms with van der Waals surface area (Å²) < 4.78 is 22.9. The number of aliphatic hydroxyl groups excluding tert-OH is 3. The second-order valence-corrected chi connectivity index (χ2v) is 8.77. The van der Waals surface area contributed by atoms with Crippen molar-refractivity contribution in [1.29, 1.82) is 0 Å². The number of carbonyl (C=O) groups is 1. The molecule has 3 rings (SSSR count). The van der Waals surface area contributed by atoms with Crippen molar-refractivity contribution in [2.24, 2.45) is 0 Å². The minimum Gasteiger partial charge on any atom is -0.394 e. The van der Waals surface area contributed by atoms with Crippen LogP contribution < -0.4 is 5.32 Å². The number of unbranched alkanes of at least 4 members (excludes halogenated alkanes) is 2. The fourth-order valence-corrected chi connectivity index (χ4v) is 4.35. The Kier molecular flexibility index (Phi) is 8.59. The molecular formula is C21H28ClFN4O5S. The monoisotopic (exact) mass is 502 g/mol. The molecule has 1 aliphatic rings. The molecule has 33 heavy (non-hydrogen) atoms. The molecule has 5 atom stereocenters. The highest BCUT2D eigenvalue weighted by atomic mass is 35.5. The van der Waals surface area contributed by atoms with Crippen LogP contribution in [0.25, 0.3) is 11.4 Å². The minimum absolute atomic E-state index is 0.0722. The topological polar surface area (TPSA) is 122 Å². The van der Waals surface area contributed by atoms with Gasteiger partial charge >= 0.3 is 0 Å². The molecule has 0 aliphatic carbocycles. The van der Waals surface area contributed by atoms with Crippen molar-refractivity contribution >= 4 is 29.7 Å². The Hall–Kier alpha value is -1.89. The molecule has 1 fully saturated rings. The van der Waals surface area contributed by atoms with Crippen molar-refractivity contribution in [3.05, 3.63) is 33.8 Å². The van der Waals surface area contributed by atoms with Gasteiger partial charge in [0, 0.05) is 19.0 Å². The van der Waals surface area contributed by atoms with Crippen molar-refractivity contribution in [3.63, 3.8) is 0 Å². The Balaban J connectivity index is 2.12. The van der Waals surface area contributed by atoms with E-state index in [0.717, 1.165) is 19.3 Å². The maximum Gasteiger partial charge on any atom is 0.217 e. The Labute approximate surface area is 200 Å². The van der Waals surface area contributed by atoms with Gasteiger partial charge < -0.3 is 25.4 Å². The summed E-state index contributed by atoms with van der Waals surface area (Å²) in [5, 5.41) is 37.7. The molecule has 1 amide bonds. The Bertz CT molecular complexity index is 1050. The lowest BCUT2D eigenvalue weighted by Gasteiger charge is -2.42. The highest BCUT2D eigenvalue weighted by Gasteiger charge is 2.46. The molecule has 1 aromatic heterocycles. The van der Waals surface area contributed by atoms with E-state index in [9.17, 15) is 24.5 Å². The predicted octanol–water partition coefficient (Wildman–Crippen LogP) is 2.18. The number of nitrogens with zero attached hydrogens (tertiary/aromatic N) is 3. The van der Waals surface area contributed by atoms with Crippen molar-refractivity contribution in [2.45, 2.75) is 70.2 Å². The van der Waals surface area contributed by atoms with Crippen molar-refractivity contribution in [3.8, 4) is 11.4 Å². The first-order valence-electron chi connectivity index (χ1n) is 10.7. The SMILES string of the molecule is CCCCCn1c(-c2ccc(F)c(Cl)c2)nn([C@@H]2O[C@H](CO)[C@@H](O)[C@H](O)[C@H]2NC(C)=O)c1=S. The zero-order chi connectivity index (χ0) is 24.3. The number of carbonyl (C=O) groups excluding carboxylic acids is 1. The highest BCUT2D eigenvalue weighted by Crippen LogP contribution is 2.31. The zero-order valence-electron chi connectivity index (χ0n) is 18.3. The van der Waals surface area contributed by atoms with E-state index in [4.69, 9.17) is 28.6 Å². The van der Waals surface area contributed by atoms with E-state index >= 15 is 0 Å². The van der Waals surface area contributed by atoms with Crippen LogP contribution in [0, 0.1) is 10.6 Å². The third kappa shape index (κ3) is 5.44. The van der Waals surface area contributed by atoms with Gasteiger partial charge in [0.05, 0.1) is 11.6 Å². The van der Waals surface area contributed by atoms with E-state index in [1.54, 1.807) is 4.57 Å². The van der Waals surface area contributed by atoms with Crippen LogP contribution in [0.5, 0.6) is 0 Å². The van der Waals surface area contributed by atoms with Gasteiger partial charge in [-0.2, -0.15) is 0 Å². The number of halogens is 2. The first kappa shape index (κ1) is 25.7. The number of benzene rings is 1. The summed E-state index contributed by atoms with van der Waals surface area (Å²) in [6.07, 6.45) is -2.37. The third-order valence-corrected chi connectivity index (χ3v) is 6.26. The van der Waals surface area contributed by atoms with Gasteiger partial charge in [0.1, 0.15) is 30.2 Å². The van der Waals surface area contributed by atoms with Gasteiger partial charge in [-0.3, -0.25) is 9.36 Å². The van der Waals surface area contributed by atoms with Gasteiger partial charge in [-0.25, -0.2) is 9.07 Å². The van der Waals surface area contributed by atoms with Crippen LogP contribution in [0.4, 0.5) is 4.39 Å². The number of aliphatic hydroxyl groups is 3. The number of ether oxygens (including phenoxy) is 1. The van der Waals surface area contributed by atoms with Crippen LogP contribution >= 0.6 is 23.8 Å². The second-order valence-electron chi connectivity index (χ2n) is 7.99. The van der Waals surface area contributed by atoms with Gasteiger partial charge in [-0.15, -0.1) is 5.10 Å². The lowest BCUT2D eigenvalue weighted by Crippen LogP contribution is -2.62. The standard InChI is InChI=1S/C21H28ClFN4O5S/c1-3-4-5-8-26-19(12-6-7-14(23)13(22)9-12)25-27(21(26)33)20-16(24-11(2)29)18(31)17(30)15(10-28)32-20/h6-7,9,15-18,20,28,30-31H,3-5,8,10H2,1-2H3,(H,24,29)/t15-,16-,17-,18-,20-/m1/s1. The van der Waals surface area contributed by atoms with Gasteiger partial charge in [-0.1, -0.05) is 31.4 Å². The smallest absolute Gasteiger partial charge is 0.217 e. The molecule has 2 heterocycles. The average molecular weight is 503 g/mol. The van der Waals surface area contributed by atoms with Crippen molar-refractivity contribution in [2.75, 3.05) is 6.61 Å². The van der Waals surface area contributed by atoms with E-state index in [1.165, 1.54) is 29.8 Å². The molecular weight excluding hydrogens is 475 g/mol. The number of hydrogen-bond donors (Lipinski definition) is 4. The average Bonchev–Trinajstić information content (AvgIpc) is 3.10. The summed E-state index contributed by atoms with van der Waals surface area (Å²) in [5.74, 6) is -0.619. The number of nitrogens with one attached hydrogen (secondary N) is 1. The zero-order valence-corrected chi connectivity index (χ0v) is 19.9. The number of rotatable bonds is 8. The highest BCUT2D eigenvalue weighted by molar-refractivity contribution is 7.71. The summed E-state index contributed by atoms with van der Waals surface area (Å²) in [4.78, 5) is 11.8. The second kappa shape index (κ2) is 11.0. The van der Waals surface area contributed by atoms with E-state index in [-0.39, 0.29) is 9.79 Å². The number of aromatic nitrogens is 3. The van der Waals surface area contributed by atoms with Crippen LogP contribution in [0.3, 0.4) is 0 Å². The maximum atomic E-state index is 13.8. The van der Waals surface area contributed by atoms with Crippen LogP contribution in [-0.2, 0) is 16.1 Å². The lowest BCUT2D eigenvalue weighted by atomic mass is 9.96. The molecule has 1 aromatic carbocycles. The number of hydrogen-bond acceptors (Lipinski definition) is 7. The summed E-state index contributed by atoms with van der Waals surface area (Å²) in [6.45, 7) is 3.29. The predicted molar refractivity (Wildman–Crippen MR) is 122 cm³/mol. The molecule has 1 saturated heterocycles. The molecule has 0 saturated carbocycles. The van der Waals surface area contributed by atoms with Gasteiger partial charge in [0.2, 0.25) is 10.7 Å². The molecule has 9 nitrogen and oxygen atoms in total. The molecule has 0 bridgehead atoms. The Morgan fingerprint density at radius 3 is 2.67 bits per heavy atom. The third-order valence-electron chi connectivity index (χ3n) is 5.56. The summed E-state index contributed by atoms with van der Waals surface area (Å²) >= 11 is 11.7. The van der Waals surface area contributed by atoms with Crippen LogP contribution in [0.15, 0.2) is 18.2 Å². The molecule has 2 aromatic rings. The van der Waals surface area contributed by atoms with Gasteiger partial charge in [0.25, 0.3) is 0 Å². The van der Waals surface area contributed by atoms with E-state index in [1.807, 2.05) is 0 Å². The Morgan fingerprint density at radius 1 is 1.33 bits per heavy atom. The quantitative estimate of drug-likeness (QED) is 0.322. The van der Waals surface area contributed by atoms with Crippen molar-refractivity contribution < 1.29 is 29.2 Å². The molecule has 182 valence electrons. The lowest BCUT2D eigenvalue weighted by molar-refractivity contribution is -0.219. The fraction of sp³-hybridized carbons (Fsp3) is 0.571. The molecule has 4 N–H and O–H groups in total. The molecule has 0 radical (unpaired) electrons. The Morgan fingerprint density at radius 2 is 2.06 bits per heavy atom. The molecule has 12 heteroatoms. The van der Waals surface area contributed by atoms with E-state index in [2.05, 4.69) is 17.3 Å². The molecule has 1 aliphatic heterocycles.